The van der Waals surface area contributed by atoms with E-state index in [1.807, 2.05) is 25.1 Å². The predicted molar refractivity (Wildman–Crippen MR) is 164 cm³/mol. The topological polar surface area (TPSA) is 46.7 Å². The van der Waals surface area contributed by atoms with Gasteiger partial charge in [0.05, 0.1) is 0 Å². The van der Waals surface area contributed by atoms with Gasteiger partial charge in [0.25, 0.3) is 0 Å². The second-order valence-electron chi connectivity index (χ2n) is 11.0. The number of hydrogen-bond acceptors (Lipinski definition) is 4. The molecule has 42 heavy (non-hydrogen) atoms. The molecule has 0 amide bonds. The smallest absolute Gasteiger partial charge is 0.406 e. The van der Waals surface area contributed by atoms with Gasteiger partial charge in [0.15, 0.2) is 0 Å². The summed E-state index contributed by atoms with van der Waals surface area (Å²) in [4.78, 5) is 4.92. The number of aromatic nitrogens is 1. The lowest BCUT2D eigenvalue weighted by Crippen LogP contribution is -2.45. The molecule has 9 heteroatoms. The SMILES string of the molecule is CCCc1cc(OC(F)(F)F)ccc1-c1cn(CCCN)c2ccc(CN3CCN(Cc4ccccc4Cl)CC3)cc12. The summed E-state index contributed by atoms with van der Waals surface area (Å²) >= 11 is 6.38. The van der Waals surface area contributed by atoms with E-state index in [1.165, 1.54) is 17.7 Å². The Balaban J connectivity index is 1.39. The lowest BCUT2D eigenvalue weighted by molar-refractivity contribution is -0.274. The van der Waals surface area contributed by atoms with Gasteiger partial charge in [-0.25, -0.2) is 0 Å². The van der Waals surface area contributed by atoms with E-state index in [0.717, 1.165) is 96.8 Å². The zero-order valence-electron chi connectivity index (χ0n) is 24.0. The van der Waals surface area contributed by atoms with Crippen LogP contribution in [-0.4, -0.2) is 53.5 Å². The summed E-state index contributed by atoms with van der Waals surface area (Å²) in [5, 5.41) is 1.91. The average molecular weight is 599 g/mol. The maximum absolute atomic E-state index is 12.9. The minimum atomic E-state index is -4.72. The van der Waals surface area contributed by atoms with Crippen LogP contribution in [0.25, 0.3) is 22.0 Å². The molecule has 1 aromatic heterocycles. The lowest BCUT2D eigenvalue weighted by atomic mass is 9.95. The van der Waals surface area contributed by atoms with E-state index in [4.69, 9.17) is 17.3 Å². The first-order chi connectivity index (χ1) is 20.2. The molecule has 3 aromatic carbocycles. The molecule has 0 atom stereocenters. The van der Waals surface area contributed by atoms with Crippen LogP contribution >= 0.6 is 11.6 Å². The van der Waals surface area contributed by atoms with Gasteiger partial charge >= 0.3 is 6.36 Å². The molecular formula is C33H38ClF3N4O. The Morgan fingerprint density at radius 2 is 1.62 bits per heavy atom. The molecular weight excluding hydrogens is 561 g/mol. The zero-order valence-corrected chi connectivity index (χ0v) is 24.7. The summed E-state index contributed by atoms with van der Waals surface area (Å²) in [7, 11) is 0. The molecule has 0 aliphatic carbocycles. The first-order valence-corrected chi connectivity index (χ1v) is 15.0. The van der Waals surface area contributed by atoms with Gasteiger partial charge in [0.1, 0.15) is 5.75 Å². The number of piperazine rings is 1. The molecule has 224 valence electrons. The molecule has 1 aliphatic heterocycles. The molecule has 0 unspecified atom stereocenters. The highest BCUT2D eigenvalue weighted by atomic mass is 35.5. The number of halogens is 4. The third kappa shape index (κ3) is 7.48. The van der Waals surface area contributed by atoms with Crippen LogP contribution in [0.4, 0.5) is 13.2 Å². The molecule has 0 bridgehead atoms. The summed E-state index contributed by atoms with van der Waals surface area (Å²) < 4.78 is 45.3. The number of hydrogen-bond donors (Lipinski definition) is 1. The average Bonchev–Trinajstić information content (AvgIpc) is 3.31. The van der Waals surface area contributed by atoms with E-state index in [0.29, 0.717) is 13.0 Å². The molecule has 5 rings (SSSR count). The second-order valence-corrected chi connectivity index (χ2v) is 11.4. The maximum Gasteiger partial charge on any atom is 0.573 e. The number of alkyl halides is 3. The first-order valence-electron chi connectivity index (χ1n) is 14.6. The quantitative estimate of drug-likeness (QED) is 0.194. The molecule has 0 radical (unpaired) electrons. The van der Waals surface area contributed by atoms with E-state index in [1.54, 1.807) is 6.07 Å². The Morgan fingerprint density at radius 3 is 2.31 bits per heavy atom. The van der Waals surface area contributed by atoms with Crippen LogP contribution in [0.15, 0.2) is 66.9 Å². The second kappa shape index (κ2) is 13.5. The van der Waals surface area contributed by atoms with Crippen LogP contribution in [0.5, 0.6) is 5.75 Å². The molecule has 4 aromatic rings. The Kier molecular flexibility index (Phi) is 9.78. The molecule has 0 saturated carbocycles. The van der Waals surface area contributed by atoms with Crippen molar-refractivity contribution in [2.75, 3.05) is 32.7 Å². The normalized spacial score (nSPS) is 15.0. The van der Waals surface area contributed by atoms with Crippen LogP contribution in [0.3, 0.4) is 0 Å². The largest absolute Gasteiger partial charge is 0.573 e. The monoisotopic (exact) mass is 598 g/mol. The molecule has 1 fully saturated rings. The molecule has 2 N–H and O–H groups in total. The molecule has 1 aliphatic rings. The highest BCUT2D eigenvalue weighted by Gasteiger charge is 2.31. The van der Waals surface area contributed by atoms with Crippen molar-refractivity contribution in [1.29, 1.82) is 0 Å². The van der Waals surface area contributed by atoms with Crippen molar-refractivity contribution in [2.45, 2.75) is 52.2 Å². The summed E-state index contributed by atoms with van der Waals surface area (Å²) in [5.74, 6) is -0.184. The van der Waals surface area contributed by atoms with Crippen molar-refractivity contribution < 1.29 is 17.9 Å². The van der Waals surface area contributed by atoms with Crippen molar-refractivity contribution in [2.24, 2.45) is 5.73 Å². The van der Waals surface area contributed by atoms with Crippen LogP contribution in [0.1, 0.15) is 36.5 Å². The van der Waals surface area contributed by atoms with Crippen molar-refractivity contribution in [3.63, 3.8) is 0 Å². The summed E-state index contributed by atoms with van der Waals surface area (Å²) in [6.07, 6.45) is -0.307. The number of nitrogens with zero attached hydrogens (tertiary/aromatic N) is 3. The van der Waals surface area contributed by atoms with Gasteiger partial charge in [-0.3, -0.25) is 9.80 Å². The highest BCUT2D eigenvalue weighted by molar-refractivity contribution is 6.31. The van der Waals surface area contributed by atoms with Crippen LogP contribution < -0.4 is 10.5 Å². The number of nitrogens with two attached hydrogens (primary N) is 1. The Labute approximate surface area is 250 Å². The fourth-order valence-electron chi connectivity index (χ4n) is 5.84. The van der Waals surface area contributed by atoms with Gasteiger partial charge in [0.2, 0.25) is 0 Å². The minimum absolute atomic E-state index is 0.184. The molecule has 0 spiro atoms. The Bertz CT molecular complexity index is 1490. The standard InChI is InChI=1S/C33H38ClF3N4O/c1-2-6-25-20-27(42-33(35,36)37)10-11-28(25)30-23-41(14-5-13-38)32-12-9-24(19-29(30)32)21-39-15-17-40(18-16-39)22-26-7-3-4-8-31(26)34/h3-4,7-12,19-20,23H,2,5-6,13-18,21-22,38H2,1H3. The minimum Gasteiger partial charge on any atom is -0.406 e. The third-order valence-corrected chi connectivity index (χ3v) is 8.26. The zero-order chi connectivity index (χ0) is 29.7. The van der Waals surface area contributed by atoms with E-state index in [-0.39, 0.29) is 5.75 Å². The van der Waals surface area contributed by atoms with Gasteiger partial charge < -0.3 is 15.0 Å². The van der Waals surface area contributed by atoms with Crippen molar-refractivity contribution in [1.82, 2.24) is 14.4 Å². The van der Waals surface area contributed by atoms with Gasteiger partial charge in [-0.15, -0.1) is 13.2 Å². The fourth-order valence-corrected chi connectivity index (χ4v) is 6.04. The fraction of sp³-hybridized carbons (Fsp3) is 0.394. The van der Waals surface area contributed by atoms with Crippen molar-refractivity contribution >= 4 is 22.5 Å². The third-order valence-electron chi connectivity index (χ3n) is 7.89. The van der Waals surface area contributed by atoms with E-state index in [9.17, 15) is 13.2 Å². The van der Waals surface area contributed by atoms with Crippen molar-refractivity contribution in [3.05, 3.63) is 88.6 Å². The van der Waals surface area contributed by atoms with E-state index >= 15 is 0 Å². The lowest BCUT2D eigenvalue weighted by Gasteiger charge is -2.35. The van der Waals surface area contributed by atoms with Crippen LogP contribution in [0.2, 0.25) is 5.02 Å². The van der Waals surface area contributed by atoms with Crippen LogP contribution in [0, 0.1) is 0 Å². The Hall–Kier alpha value is -3.04. The molecule has 2 heterocycles. The maximum atomic E-state index is 12.9. The van der Waals surface area contributed by atoms with Gasteiger partial charge in [0, 0.05) is 73.5 Å². The Morgan fingerprint density at radius 1 is 0.881 bits per heavy atom. The van der Waals surface area contributed by atoms with Crippen LogP contribution in [-0.2, 0) is 26.1 Å². The first kappa shape index (κ1) is 30.4. The summed E-state index contributed by atoms with van der Waals surface area (Å²) in [5.41, 5.74) is 12.1. The molecule has 5 nitrogen and oxygen atoms in total. The summed E-state index contributed by atoms with van der Waals surface area (Å²) in [6.45, 7) is 8.95. The molecule has 1 saturated heterocycles. The van der Waals surface area contributed by atoms with Crippen molar-refractivity contribution in [3.8, 4) is 16.9 Å². The van der Waals surface area contributed by atoms with E-state index in [2.05, 4.69) is 49.6 Å². The number of aryl methyl sites for hydroxylation is 2. The van der Waals surface area contributed by atoms with Gasteiger partial charge in [-0.2, -0.15) is 0 Å². The number of ether oxygens (including phenoxy) is 1. The van der Waals surface area contributed by atoms with Gasteiger partial charge in [-0.05, 0) is 72.0 Å². The van der Waals surface area contributed by atoms with E-state index < -0.39 is 6.36 Å². The number of fused-ring (bicyclic) bond motifs is 1. The summed E-state index contributed by atoms with van der Waals surface area (Å²) in [6, 6.07) is 19.3. The predicted octanol–water partition coefficient (Wildman–Crippen LogP) is 7.48. The number of benzene rings is 3. The highest BCUT2D eigenvalue weighted by Crippen LogP contribution is 2.37. The van der Waals surface area contributed by atoms with Gasteiger partial charge in [-0.1, -0.05) is 55.3 Å². The number of rotatable bonds is 11.